The van der Waals surface area contributed by atoms with Gasteiger partial charge >= 0.3 is 6.09 Å². The molecule has 3 nitrogen and oxygen atoms in total. The molecule has 1 aliphatic rings. The Kier molecular flexibility index (Phi) is 5.29. The van der Waals surface area contributed by atoms with Crippen LogP contribution in [0.25, 0.3) is 0 Å². The SMILES string of the molecule is CSC1CCC(NC(=O)OC(C)C)CC1. The van der Waals surface area contributed by atoms with E-state index >= 15 is 0 Å². The van der Waals surface area contributed by atoms with E-state index < -0.39 is 0 Å². The third kappa shape index (κ3) is 4.78. The van der Waals surface area contributed by atoms with Gasteiger partial charge in [-0.1, -0.05) is 0 Å². The van der Waals surface area contributed by atoms with E-state index in [1.807, 2.05) is 25.6 Å². The lowest BCUT2D eigenvalue weighted by Gasteiger charge is -2.27. The number of carbonyl (C=O) groups is 1. The molecule has 1 amide bonds. The van der Waals surface area contributed by atoms with Crippen LogP contribution in [0.5, 0.6) is 0 Å². The zero-order valence-corrected chi connectivity index (χ0v) is 10.6. The predicted molar refractivity (Wildman–Crippen MR) is 64.3 cm³/mol. The molecule has 4 heteroatoms. The van der Waals surface area contributed by atoms with Gasteiger partial charge in [0, 0.05) is 11.3 Å². The molecule has 0 spiro atoms. The van der Waals surface area contributed by atoms with E-state index in [1.165, 1.54) is 12.8 Å². The standard InChI is InChI=1S/C11H21NO2S/c1-8(2)14-11(13)12-9-4-6-10(15-3)7-5-9/h8-10H,4-7H2,1-3H3,(H,12,13). The maximum absolute atomic E-state index is 11.3. The summed E-state index contributed by atoms with van der Waals surface area (Å²) < 4.78 is 5.05. The van der Waals surface area contributed by atoms with Gasteiger partial charge in [-0.15, -0.1) is 0 Å². The average Bonchev–Trinajstić information content (AvgIpc) is 2.17. The Morgan fingerprint density at radius 2 is 1.93 bits per heavy atom. The minimum atomic E-state index is -0.266. The highest BCUT2D eigenvalue weighted by atomic mass is 32.2. The first-order valence-corrected chi connectivity index (χ1v) is 6.90. The number of nitrogens with one attached hydrogen (secondary N) is 1. The molecule has 1 saturated carbocycles. The lowest BCUT2D eigenvalue weighted by Crippen LogP contribution is -2.39. The Hall–Kier alpha value is -0.380. The average molecular weight is 231 g/mol. The van der Waals surface area contributed by atoms with Crippen molar-refractivity contribution >= 4 is 17.9 Å². The fourth-order valence-corrected chi connectivity index (χ4v) is 2.60. The van der Waals surface area contributed by atoms with Crippen LogP contribution in [0, 0.1) is 0 Å². The van der Waals surface area contributed by atoms with Gasteiger partial charge in [-0.25, -0.2) is 4.79 Å². The molecular formula is C11H21NO2S. The van der Waals surface area contributed by atoms with Crippen LogP contribution in [0.2, 0.25) is 0 Å². The minimum Gasteiger partial charge on any atom is -0.447 e. The predicted octanol–water partition coefficient (Wildman–Crippen LogP) is 2.80. The summed E-state index contributed by atoms with van der Waals surface area (Å²) in [5.41, 5.74) is 0. The Labute approximate surface area is 96.3 Å². The number of thioether (sulfide) groups is 1. The van der Waals surface area contributed by atoms with Crippen molar-refractivity contribution < 1.29 is 9.53 Å². The van der Waals surface area contributed by atoms with E-state index in [0.29, 0.717) is 6.04 Å². The zero-order chi connectivity index (χ0) is 11.3. The molecule has 15 heavy (non-hydrogen) atoms. The Morgan fingerprint density at radius 3 is 2.40 bits per heavy atom. The molecule has 0 heterocycles. The highest BCUT2D eigenvalue weighted by Gasteiger charge is 2.22. The summed E-state index contributed by atoms with van der Waals surface area (Å²) in [5.74, 6) is 0. The van der Waals surface area contributed by atoms with Crippen molar-refractivity contribution in [3.8, 4) is 0 Å². The largest absolute Gasteiger partial charge is 0.447 e. The van der Waals surface area contributed by atoms with E-state index in [-0.39, 0.29) is 12.2 Å². The van der Waals surface area contributed by atoms with E-state index in [1.54, 1.807) is 0 Å². The summed E-state index contributed by atoms with van der Waals surface area (Å²) in [7, 11) is 0. The smallest absolute Gasteiger partial charge is 0.407 e. The highest BCUT2D eigenvalue weighted by molar-refractivity contribution is 7.99. The van der Waals surface area contributed by atoms with Crippen molar-refractivity contribution in [1.82, 2.24) is 5.32 Å². The van der Waals surface area contributed by atoms with Gasteiger partial charge in [0.15, 0.2) is 0 Å². The molecule has 0 aromatic heterocycles. The Morgan fingerprint density at radius 1 is 1.33 bits per heavy atom. The van der Waals surface area contributed by atoms with Gasteiger partial charge in [0.1, 0.15) is 0 Å². The van der Waals surface area contributed by atoms with Crippen LogP contribution < -0.4 is 5.32 Å². The van der Waals surface area contributed by atoms with Gasteiger partial charge in [0.2, 0.25) is 0 Å². The second kappa shape index (κ2) is 6.26. The third-order valence-electron chi connectivity index (χ3n) is 2.67. The van der Waals surface area contributed by atoms with Crippen LogP contribution in [0.15, 0.2) is 0 Å². The first-order chi connectivity index (χ1) is 7.11. The molecule has 0 radical (unpaired) electrons. The van der Waals surface area contributed by atoms with Gasteiger partial charge in [-0.3, -0.25) is 0 Å². The van der Waals surface area contributed by atoms with Gasteiger partial charge in [-0.05, 0) is 45.8 Å². The lowest BCUT2D eigenvalue weighted by molar-refractivity contribution is 0.110. The molecule has 0 aromatic rings. The Balaban J connectivity index is 2.20. The summed E-state index contributed by atoms with van der Waals surface area (Å²) in [6.45, 7) is 3.73. The maximum Gasteiger partial charge on any atom is 0.407 e. The van der Waals surface area contributed by atoms with Crippen molar-refractivity contribution in [2.45, 2.75) is 56.9 Å². The number of hydrogen-bond acceptors (Lipinski definition) is 3. The first kappa shape index (κ1) is 12.7. The molecule has 1 N–H and O–H groups in total. The zero-order valence-electron chi connectivity index (χ0n) is 9.79. The lowest BCUT2D eigenvalue weighted by atomic mass is 9.95. The van der Waals surface area contributed by atoms with Crippen molar-refractivity contribution in [1.29, 1.82) is 0 Å². The third-order valence-corrected chi connectivity index (χ3v) is 3.81. The topological polar surface area (TPSA) is 38.3 Å². The Bertz CT molecular complexity index is 201. The molecular weight excluding hydrogens is 210 g/mol. The number of hydrogen-bond donors (Lipinski definition) is 1. The van der Waals surface area contributed by atoms with E-state index in [2.05, 4.69) is 11.6 Å². The van der Waals surface area contributed by atoms with Crippen molar-refractivity contribution in [3.63, 3.8) is 0 Å². The van der Waals surface area contributed by atoms with E-state index in [0.717, 1.165) is 18.1 Å². The normalized spacial score (nSPS) is 26.4. The quantitative estimate of drug-likeness (QED) is 0.811. The maximum atomic E-state index is 11.3. The molecule has 0 bridgehead atoms. The van der Waals surface area contributed by atoms with Crippen molar-refractivity contribution in [2.24, 2.45) is 0 Å². The summed E-state index contributed by atoms with van der Waals surface area (Å²) in [5, 5.41) is 3.71. The minimum absolute atomic E-state index is 0.0347. The van der Waals surface area contributed by atoms with Crippen LogP contribution in [0.1, 0.15) is 39.5 Å². The van der Waals surface area contributed by atoms with Gasteiger partial charge in [0.05, 0.1) is 6.10 Å². The van der Waals surface area contributed by atoms with Gasteiger partial charge < -0.3 is 10.1 Å². The van der Waals surface area contributed by atoms with E-state index in [4.69, 9.17) is 4.74 Å². The van der Waals surface area contributed by atoms with E-state index in [9.17, 15) is 4.79 Å². The summed E-state index contributed by atoms with van der Waals surface area (Å²) in [4.78, 5) is 11.3. The van der Waals surface area contributed by atoms with Crippen LogP contribution >= 0.6 is 11.8 Å². The van der Waals surface area contributed by atoms with Crippen LogP contribution in [-0.4, -0.2) is 29.7 Å². The molecule has 1 fully saturated rings. The molecule has 1 aliphatic carbocycles. The van der Waals surface area contributed by atoms with Crippen molar-refractivity contribution in [3.05, 3.63) is 0 Å². The fraction of sp³-hybridized carbons (Fsp3) is 0.909. The molecule has 88 valence electrons. The molecule has 0 unspecified atom stereocenters. The molecule has 1 rings (SSSR count). The van der Waals surface area contributed by atoms with Crippen molar-refractivity contribution in [2.75, 3.05) is 6.26 Å². The van der Waals surface area contributed by atoms with Crippen LogP contribution in [0.4, 0.5) is 4.79 Å². The number of carbonyl (C=O) groups excluding carboxylic acids is 1. The molecule has 0 saturated heterocycles. The number of rotatable bonds is 3. The van der Waals surface area contributed by atoms with Crippen LogP contribution in [-0.2, 0) is 4.74 Å². The number of ether oxygens (including phenoxy) is 1. The second-order valence-electron chi connectivity index (χ2n) is 4.31. The summed E-state index contributed by atoms with van der Waals surface area (Å²) >= 11 is 1.93. The monoisotopic (exact) mass is 231 g/mol. The van der Waals surface area contributed by atoms with Gasteiger partial charge in [-0.2, -0.15) is 11.8 Å². The number of amides is 1. The first-order valence-electron chi connectivity index (χ1n) is 5.61. The molecule has 0 aromatic carbocycles. The molecule has 0 aliphatic heterocycles. The second-order valence-corrected chi connectivity index (χ2v) is 5.45. The van der Waals surface area contributed by atoms with Gasteiger partial charge in [0.25, 0.3) is 0 Å². The highest BCUT2D eigenvalue weighted by Crippen LogP contribution is 2.26. The van der Waals surface area contributed by atoms with Crippen LogP contribution in [0.3, 0.4) is 0 Å². The summed E-state index contributed by atoms with van der Waals surface area (Å²) in [6, 6.07) is 0.319. The fourth-order valence-electron chi connectivity index (χ4n) is 1.86. The number of alkyl carbamates (subject to hydrolysis) is 1. The molecule has 0 atom stereocenters. The summed E-state index contributed by atoms with van der Waals surface area (Å²) in [6.07, 6.45) is 6.43.